The lowest BCUT2D eigenvalue weighted by molar-refractivity contribution is 0.0696. The van der Waals surface area contributed by atoms with E-state index < -0.39 is 11.8 Å². The fraction of sp³-hybridized carbons (Fsp3) is 0.133. The van der Waals surface area contributed by atoms with Crippen molar-refractivity contribution in [2.75, 3.05) is 0 Å². The van der Waals surface area contributed by atoms with Gasteiger partial charge in [0.05, 0.1) is 5.56 Å². The SMILES string of the molecule is Cc1ccc(F)c(Oc2ccc(C(=O)O)c(C)c2)c1. The number of carboxylic acids is 1. The molecule has 3 nitrogen and oxygen atoms in total. The molecule has 0 fully saturated rings. The Kier molecular flexibility index (Phi) is 3.51. The number of halogens is 1. The lowest BCUT2D eigenvalue weighted by atomic mass is 10.1. The largest absolute Gasteiger partial charge is 0.478 e. The molecule has 0 amide bonds. The van der Waals surface area contributed by atoms with Gasteiger partial charge in [-0.3, -0.25) is 0 Å². The van der Waals surface area contributed by atoms with Crippen molar-refractivity contribution in [3.8, 4) is 11.5 Å². The number of hydrogen-bond acceptors (Lipinski definition) is 2. The molecule has 2 aromatic carbocycles. The van der Waals surface area contributed by atoms with Crippen molar-refractivity contribution in [3.63, 3.8) is 0 Å². The molecular weight excluding hydrogens is 247 g/mol. The average Bonchev–Trinajstić information content (AvgIpc) is 2.33. The van der Waals surface area contributed by atoms with Crippen molar-refractivity contribution < 1.29 is 19.0 Å². The number of carboxylic acid groups (broad SMARTS) is 1. The molecule has 0 heterocycles. The fourth-order valence-corrected chi connectivity index (χ4v) is 1.76. The Morgan fingerprint density at radius 1 is 1.16 bits per heavy atom. The van der Waals surface area contributed by atoms with E-state index in [1.54, 1.807) is 25.1 Å². The number of carbonyl (C=O) groups is 1. The second-order valence-electron chi connectivity index (χ2n) is 4.32. The minimum atomic E-state index is -0.995. The van der Waals surface area contributed by atoms with Crippen LogP contribution in [0.5, 0.6) is 11.5 Å². The Hall–Kier alpha value is -2.36. The summed E-state index contributed by atoms with van der Waals surface area (Å²) >= 11 is 0. The zero-order valence-corrected chi connectivity index (χ0v) is 10.6. The molecule has 2 rings (SSSR count). The van der Waals surface area contributed by atoms with Gasteiger partial charge in [0.15, 0.2) is 11.6 Å². The molecule has 0 radical (unpaired) electrons. The van der Waals surface area contributed by atoms with Crippen LogP contribution in [-0.2, 0) is 0 Å². The summed E-state index contributed by atoms with van der Waals surface area (Å²) in [6.45, 7) is 3.51. The average molecular weight is 260 g/mol. The maximum Gasteiger partial charge on any atom is 0.335 e. The van der Waals surface area contributed by atoms with Gasteiger partial charge >= 0.3 is 5.97 Å². The summed E-state index contributed by atoms with van der Waals surface area (Å²) in [6, 6.07) is 9.12. The Bertz CT molecular complexity index is 635. The highest BCUT2D eigenvalue weighted by Gasteiger charge is 2.09. The van der Waals surface area contributed by atoms with Crippen LogP contribution in [0.4, 0.5) is 4.39 Å². The van der Waals surface area contributed by atoms with Crippen LogP contribution >= 0.6 is 0 Å². The third-order valence-corrected chi connectivity index (χ3v) is 2.74. The molecule has 4 heteroatoms. The number of hydrogen-bond donors (Lipinski definition) is 1. The van der Waals surface area contributed by atoms with E-state index >= 15 is 0 Å². The summed E-state index contributed by atoms with van der Waals surface area (Å²) < 4.78 is 19.0. The van der Waals surface area contributed by atoms with Crippen LogP contribution in [0.1, 0.15) is 21.5 Å². The minimum absolute atomic E-state index is 0.127. The first-order valence-electron chi connectivity index (χ1n) is 5.75. The molecule has 0 saturated carbocycles. The predicted octanol–water partition coefficient (Wildman–Crippen LogP) is 3.93. The second kappa shape index (κ2) is 5.10. The van der Waals surface area contributed by atoms with Crippen molar-refractivity contribution in [3.05, 3.63) is 58.9 Å². The van der Waals surface area contributed by atoms with Crippen LogP contribution in [0.3, 0.4) is 0 Å². The number of ether oxygens (including phenoxy) is 1. The highest BCUT2D eigenvalue weighted by Crippen LogP contribution is 2.27. The van der Waals surface area contributed by atoms with Gasteiger partial charge in [-0.2, -0.15) is 0 Å². The lowest BCUT2D eigenvalue weighted by Crippen LogP contribution is -1.99. The topological polar surface area (TPSA) is 46.5 Å². The highest BCUT2D eigenvalue weighted by molar-refractivity contribution is 5.89. The van der Waals surface area contributed by atoms with Gasteiger partial charge < -0.3 is 9.84 Å². The molecule has 0 bridgehead atoms. The summed E-state index contributed by atoms with van der Waals surface area (Å²) in [4.78, 5) is 10.9. The van der Waals surface area contributed by atoms with E-state index in [0.29, 0.717) is 11.3 Å². The number of rotatable bonds is 3. The first kappa shape index (κ1) is 13.1. The third kappa shape index (κ3) is 2.91. The predicted molar refractivity (Wildman–Crippen MR) is 69.3 cm³/mol. The summed E-state index contributed by atoms with van der Waals surface area (Å²) in [5.41, 5.74) is 1.66. The Labute approximate surface area is 110 Å². The monoisotopic (exact) mass is 260 g/mol. The Morgan fingerprint density at radius 3 is 2.53 bits per heavy atom. The number of aryl methyl sites for hydroxylation is 2. The second-order valence-corrected chi connectivity index (χ2v) is 4.32. The quantitative estimate of drug-likeness (QED) is 0.909. The molecule has 0 aliphatic carbocycles. The van der Waals surface area contributed by atoms with Crippen molar-refractivity contribution in [2.24, 2.45) is 0 Å². The van der Waals surface area contributed by atoms with Crippen LogP contribution in [-0.4, -0.2) is 11.1 Å². The highest BCUT2D eigenvalue weighted by atomic mass is 19.1. The first-order chi connectivity index (χ1) is 8.97. The van der Waals surface area contributed by atoms with Crippen LogP contribution in [0.25, 0.3) is 0 Å². The van der Waals surface area contributed by atoms with E-state index in [1.807, 2.05) is 6.92 Å². The van der Waals surface area contributed by atoms with Gasteiger partial charge in [-0.15, -0.1) is 0 Å². The van der Waals surface area contributed by atoms with E-state index in [0.717, 1.165) is 5.56 Å². The van der Waals surface area contributed by atoms with Gasteiger partial charge in [-0.05, 0) is 55.3 Å². The maximum atomic E-state index is 13.5. The maximum absolute atomic E-state index is 13.5. The van der Waals surface area contributed by atoms with Crippen molar-refractivity contribution >= 4 is 5.97 Å². The molecular formula is C15H13FO3. The van der Waals surface area contributed by atoms with Crippen molar-refractivity contribution in [1.82, 2.24) is 0 Å². The smallest absolute Gasteiger partial charge is 0.335 e. The fourth-order valence-electron chi connectivity index (χ4n) is 1.76. The minimum Gasteiger partial charge on any atom is -0.478 e. The normalized spacial score (nSPS) is 10.3. The van der Waals surface area contributed by atoms with Crippen LogP contribution in [0.15, 0.2) is 36.4 Å². The molecule has 0 aromatic heterocycles. The molecule has 0 atom stereocenters. The zero-order valence-electron chi connectivity index (χ0n) is 10.6. The molecule has 98 valence electrons. The van der Waals surface area contributed by atoms with E-state index in [1.165, 1.54) is 18.2 Å². The lowest BCUT2D eigenvalue weighted by Gasteiger charge is -2.09. The molecule has 0 unspecified atom stereocenters. The Balaban J connectivity index is 2.31. The van der Waals surface area contributed by atoms with Gasteiger partial charge in [0.1, 0.15) is 5.75 Å². The van der Waals surface area contributed by atoms with Crippen LogP contribution < -0.4 is 4.74 Å². The molecule has 1 N–H and O–H groups in total. The zero-order chi connectivity index (χ0) is 14.0. The van der Waals surface area contributed by atoms with Gasteiger partial charge in [-0.25, -0.2) is 9.18 Å². The number of benzene rings is 2. The van der Waals surface area contributed by atoms with Crippen LogP contribution in [0, 0.1) is 19.7 Å². The number of aromatic carboxylic acids is 1. The summed E-state index contributed by atoms with van der Waals surface area (Å²) in [5.74, 6) is -0.911. The van der Waals surface area contributed by atoms with Crippen molar-refractivity contribution in [2.45, 2.75) is 13.8 Å². The van der Waals surface area contributed by atoms with Gasteiger partial charge in [-0.1, -0.05) is 6.07 Å². The first-order valence-corrected chi connectivity index (χ1v) is 5.75. The summed E-state index contributed by atoms with van der Waals surface area (Å²) in [6.07, 6.45) is 0. The van der Waals surface area contributed by atoms with Crippen LogP contribution in [0.2, 0.25) is 0 Å². The van der Waals surface area contributed by atoms with E-state index in [4.69, 9.17) is 9.84 Å². The molecule has 0 saturated heterocycles. The Morgan fingerprint density at radius 2 is 1.89 bits per heavy atom. The molecule has 0 aliphatic rings. The standard InChI is InChI=1S/C15H13FO3/c1-9-3-6-13(16)14(7-9)19-11-4-5-12(15(17)18)10(2)8-11/h3-8H,1-2H3,(H,17,18). The van der Waals surface area contributed by atoms with E-state index in [2.05, 4.69) is 0 Å². The molecule has 0 spiro atoms. The van der Waals surface area contributed by atoms with E-state index in [-0.39, 0.29) is 11.3 Å². The van der Waals surface area contributed by atoms with Gasteiger partial charge in [0.25, 0.3) is 0 Å². The van der Waals surface area contributed by atoms with Gasteiger partial charge in [0, 0.05) is 0 Å². The summed E-state index contributed by atoms with van der Waals surface area (Å²) in [7, 11) is 0. The summed E-state index contributed by atoms with van der Waals surface area (Å²) in [5, 5.41) is 8.93. The van der Waals surface area contributed by atoms with Gasteiger partial charge in [0.2, 0.25) is 0 Å². The van der Waals surface area contributed by atoms with Crippen molar-refractivity contribution in [1.29, 1.82) is 0 Å². The molecule has 2 aromatic rings. The third-order valence-electron chi connectivity index (χ3n) is 2.74. The molecule has 0 aliphatic heterocycles. The molecule has 19 heavy (non-hydrogen) atoms. The van der Waals surface area contributed by atoms with E-state index in [9.17, 15) is 9.18 Å².